The van der Waals surface area contributed by atoms with Crippen molar-refractivity contribution in [3.63, 3.8) is 0 Å². The zero-order valence-corrected chi connectivity index (χ0v) is 28.8. The summed E-state index contributed by atoms with van der Waals surface area (Å²) >= 11 is 3.45. The summed E-state index contributed by atoms with van der Waals surface area (Å²) in [5.41, 5.74) is 11.1. The zero-order chi connectivity index (χ0) is 36.5. The second-order valence-corrected chi connectivity index (χ2v) is 12.2. The summed E-state index contributed by atoms with van der Waals surface area (Å²) in [5, 5.41) is 19.8. The lowest BCUT2D eigenvalue weighted by Crippen LogP contribution is -2.31. The fourth-order valence-corrected chi connectivity index (χ4v) is 4.96. The van der Waals surface area contributed by atoms with Crippen LogP contribution < -0.4 is 11.1 Å². The first-order valence-corrected chi connectivity index (χ1v) is 16.6. The van der Waals surface area contributed by atoms with Crippen molar-refractivity contribution in [3.05, 3.63) is 130 Å². The largest absolute Gasteiger partial charge is 0.508 e. The Balaban J connectivity index is 0.000000872. The lowest BCUT2D eigenvalue weighted by molar-refractivity contribution is -0.192. The van der Waals surface area contributed by atoms with Gasteiger partial charge in [-0.25, -0.2) is 4.79 Å². The second kappa shape index (κ2) is 19.9. The van der Waals surface area contributed by atoms with Crippen LogP contribution in [-0.4, -0.2) is 58.7 Å². The number of carbonyl (C=O) groups is 3. The van der Waals surface area contributed by atoms with E-state index in [0.717, 1.165) is 51.6 Å². The molecule has 4 aromatic carbocycles. The molecule has 0 fully saturated rings. The van der Waals surface area contributed by atoms with Crippen molar-refractivity contribution < 1.29 is 37.8 Å². The van der Waals surface area contributed by atoms with Gasteiger partial charge >= 0.3 is 12.1 Å². The average Bonchev–Trinajstić information content (AvgIpc) is 3.10. The van der Waals surface area contributed by atoms with Crippen LogP contribution in [0.15, 0.2) is 108 Å². The number of amides is 2. The third kappa shape index (κ3) is 13.9. The molecule has 0 unspecified atom stereocenters. The van der Waals surface area contributed by atoms with E-state index < -0.39 is 12.1 Å². The van der Waals surface area contributed by atoms with E-state index in [0.29, 0.717) is 38.2 Å². The Morgan fingerprint density at radius 2 is 1.48 bits per heavy atom. The van der Waals surface area contributed by atoms with Gasteiger partial charge in [-0.2, -0.15) is 13.2 Å². The molecule has 0 spiro atoms. The Morgan fingerprint density at radius 3 is 2.12 bits per heavy atom. The van der Waals surface area contributed by atoms with Crippen LogP contribution in [0, 0.1) is 0 Å². The third-order valence-electron chi connectivity index (χ3n) is 7.37. The molecule has 0 saturated carbocycles. The number of carboxylic acid groups (broad SMARTS) is 1. The molecule has 4 rings (SSSR count). The average molecular weight is 755 g/mol. The molecular weight excluding hydrogens is 715 g/mol. The molecule has 0 saturated heterocycles. The van der Waals surface area contributed by atoms with Crippen molar-refractivity contribution in [2.24, 2.45) is 5.73 Å². The molecule has 0 aliphatic carbocycles. The molecule has 0 heterocycles. The van der Waals surface area contributed by atoms with Crippen LogP contribution in [0.1, 0.15) is 46.3 Å². The first kappa shape index (κ1) is 39.5. The van der Waals surface area contributed by atoms with E-state index in [9.17, 15) is 27.9 Å². The highest BCUT2D eigenvalue weighted by atomic mass is 79.9. The number of aliphatic carboxylic acids is 1. The van der Waals surface area contributed by atoms with Crippen LogP contribution in [0.5, 0.6) is 5.75 Å². The van der Waals surface area contributed by atoms with Crippen LogP contribution in [0.4, 0.5) is 13.2 Å². The molecule has 4 aromatic rings. The van der Waals surface area contributed by atoms with Crippen LogP contribution >= 0.6 is 15.9 Å². The topological polar surface area (TPSA) is 133 Å². The summed E-state index contributed by atoms with van der Waals surface area (Å²) in [4.78, 5) is 36.9. The number of phenolic OH excluding ortho intramolecular Hbond substituents is 1. The predicted octanol–water partition coefficient (Wildman–Crippen LogP) is 7.60. The molecule has 0 bridgehead atoms. The van der Waals surface area contributed by atoms with Gasteiger partial charge in [0.25, 0.3) is 5.91 Å². The summed E-state index contributed by atoms with van der Waals surface area (Å²) in [6.45, 7) is 2.24. The van der Waals surface area contributed by atoms with Crippen molar-refractivity contribution in [2.75, 3.05) is 19.6 Å². The summed E-state index contributed by atoms with van der Waals surface area (Å²) in [5.74, 6) is -2.71. The van der Waals surface area contributed by atoms with Crippen LogP contribution in [0.25, 0.3) is 17.2 Å². The fraction of sp³-hybridized carbons (Fsp3) is 0.237. The van der Waals surface area contributed by atoms with Crippen molar-refractivity contribution in [2.45, 2.75) is 38.4 Å². The van der Waals surface area contributed by atoms with E-state index in [1.54, 1.807) is 18.2 Å². The maximum absolute atomic E-state index is 13.4. The van der Waals surface area contributed by atoms with E-state index in [-0.39, 0.29) is 17.6 Å². The summed E-state index contributed by atoms with van der Waals surface area (Å²) < 4.78 is 32.7. The zero-order valence-electron chi connectivity index (χ0n) is 27.2. The van der Waals surface area contributed by atoms with Gasteiger partial charge in [0.2, 0.25) is 5.91 Å². The number of carboxylic acids is 1. The number of hydrogen-bond acceptors (Lipinski definition) is 5. The molecule has 0 radical (unpaired) electrons. The number of alkyl halides is 3. The van der Waals surface area contributed by atoms with Gasteiger partial charge < -0.3 is 26.2 Å². The molecule has 12 heteroatoms. The maximum atomic E-state index is 13.4. The Morgan fingerprint density at radius 1 is 0.840 bits per heavy atom. The van der Waals surface area contributed by atoms with Crippen molar-refractivity contribution in [1.29, 1.82) is 0 Å². The molecular formula is C38H39BrF3N3O5. The molecule has 50 heavy (non-hydrogen) atoms. The minimum atomic E-state index is -5.08. The smallest absolute Gasteiger partial charge is 0.490 e. The van der Waals surface area contributed by atoms with Gasteiger partial charge in [0, 0.05) is 35.7 Å². The summed E-state index contributed by atoms with van der Waals surface area (Å²) in [6.07, 6.45) is 1.88. The number of nitrogens with one attached hydrogen (secondary N) is 1. The van der Waals surface area contributed by atoms with Gasteiger partial charge in [-0.1, -0.05) is 76.9 Å². The molecule has 264 valence electrons. The number of phenols is 1. The Bertz CT molecular complexity index is 1730. The third-order valence-corrected chi connectivity index (χ3v) is 7.90. The number of unbranched alkanes of at least 4 members (excludes halogenated alkanes) is 2. The van der Waals surface area contributed by atoms with E-state index in [2.05, 4.69) is 27.3 Å². The maximum Gasteiger partial charge on any atom is 0.490 e. The monoisotopic (exact) mass is 753 g/mol. The van der Waals surface area contributed by atoms with Crippen molar-refractivity contribution in [1.82, 2.24) is 10.2 Å². The lowest BCUT2D eigenvalue weighted by atomic mass is 10.0. The van der Waals surface area contributed by atoms with Gasteiger partial charge in [0.15, 0.2) is 0 Å². The van der Waals surface area contributed by atoms with E-state index in [1.807, 2.05) is 89.8 Å². The molecule has 0 aromatic heterocycles. The standard InChI is InChI=1S/C36H38BrN3O3.C2HF3O2/c37-33-15-10-27(11-16-33)14-19-35(42)40(23-20-28-12-17-34(41)18-13-28)26-29-6-4-7-30(24-29)31-8-5-9-32(25-31)36(43)39-22-3-1-2-21-38;3-2(4,5)1(6)7/h4-19,24-25,41H,1-3,20-23,26,38H2,(H,39,43);(H,6,7)/b19-14+;. The van der Waals surface area contributed by atoms with E-state index in [4.69, 9.17) is 15.6 Å². The SMILES string of the molecule is NCCCCCNC(=O)c1cccc(-c2cccc(CN(CCc3ccc(O)cc3)C(=O)/C=C/c3ccc(Br)cc3)c2)c1.O=C(O)C(F)(F)F. The minimum Gasteiger partial charge on any atom is -0.508 e. The molecule has 0 atom stereocenters. The number of carbonyl (C=O) groups excluding carboxylic acids is 2. The predicted molar refractivity (Wildman–Crippen MR) is 191 cm³/mol. The number of rotatable bonds is 14. The van der Waals surface area contributed by atoms with Gasteiger partial charge in [-0.15, -0.1) is 0 Å². The van der Waals surface area contributed by atoms with Crippen molar-refractivity contribution >= 4 is 39.8 Å². The van der Waals surface area contributed by atoms with Gasteiger partial charge in [-0.3, -0.25) is 9.59 Å². The van der Waals surface area contributed by atoms with Crippen LogP contribution in [0.3, 0.4) is 0 Å². The normalized spacial score (nSPS) is 11.1. The Hall–Kier alpha value is -4.94. The van der Waals surface area contributed by atoms with Gasteiger partial charge in [-0.05, 0) is 102 Å². The molecule has 0 aliphatic heterocycles. The second-order valence-electron chi connectivity index (χ2n) is 11.3. The first-order chi connectivity index (χ1) is 23.8. The van der Waals surface area contributed by atoms with Crippen LogP contribution in [0.2, 0.25) is 0 Å². The fourth-order valence-electron chi connectivity index (χ4n) is 4.70. The Labute approximate surface area is 297 Å². The number of hydrogen-bond donors (Lipinski definition) is 4. The van der Waals surface area contributed by atoms with E-state index >= 15 is 0 Å². The number of halogens is 4. The van der Waals surface area contributed by atoms with Gasteiger partial charge in [0.1, 0.15) is 5.75 Å². The quantitative estimate of drug-likeness (QED) is 0.0775. The number of aromatic hydroxyl groups is 1. The highest BCUT2D eigenvalue weighted by Gasteiger charge is 2.38. The van der Waals surface area contributed by atoms with E-state index in [1.165, 1.54) is 0 Å². The summed E-state index contributed by atoms with van der Waals surface area (Å²) in [6, 6.07) is 30.6. The van der Waals surface area contributed by atoms with Crippen molar-refractivity contribution in [3.8, 4) is 16.9 Å². The summed E-state index contributed by atoms with van der Waals surface area (Å²) in [7, 11) is 0. The highest BCUT2D eigenvalue weighted by Crippen LogP contribution is 2.23. The van der Waals surface area contributed by atoms with Crippen LogP contribution in [-0.2, 0) is 22.6 Å². The number of nitrogens with zero attached hydrogens (tertiary/aromatic N) is 1. The number of benzene rings is 4. The molecule has 5 N–H and O–H groups in total. The molecule has 8 nitrogen and oxygen atoms in total. The Kier molecular flexibility index (Phi) is 15.7. The lowest BCUT2D eigenvalue weighted by Gasteiger charge is -2.22. The highest BCUT2D eigenvalue weighted by molar-refractivity contribution is 9.10. The molecule has 0 aliphatic rings. The minimum absolute atomic E-state index is 0.0859. The first-order valence-electron chi connectivity index (χ1n) is 15.8. The number of nitrogens with two attached hydrogens (primary N) is 1. The van der Waals surface area contributed by atoms with Gasteiger partial charge in [0.05, 0.1) is 0 Å². The molecule has 2 amide bonds.